The number of carbonyl (C=O) groups is 3. The monoisotopic (exact) mass is 428 g/mol. The maximum atomic E-state index is 13.1. The third kappa shape index (κ3) is 5.90. The van der Waals surface area contributed by atoms with Gasteiger partial charge in [0.25, 0.3) is 11.8 Å². The third-order valence-electron chi connectivity index (χ3n) is 5.44. The molecule has 0 saturated heterocycles. The zero-order valence-corrected chi connectivity index (χ0v) is 17.7. The Kier molecular flexibility index (Phi) is 7.38. The molecule has 9 nitrogen and oxygen atoms in total. The van der Waals surface area contributed by atoms with Crippen molar-refractivity contribution in [3.05, 3.63) is 52.3 Å². The molecule has 3 N–H and O–H groups in total. The van der Waals surface area contributed by atoms with Crippen molar-refractivity contribution in [2.45, 2.75) is 58.0 Å². The second-order valence-electron chi connectivity index (χ2n) is 8.31. The Morgan fingerprint density at radius 2 is 1.87 bits per heavy atom. The Bertz CT molecular complexity index is 966. The Morgan fingerprint density at radius 3 is 2.52 bits per heavy atom. The highest BCUT2D eigenvalue weighted by atomic mass is 16.4. The van der Waals surface area contributed by atoms with Gasteiger partial charge in [-0.1, -0.05) is 44.9 Å². The standard InChI is InChI=1S/C22H28N4O5/c1-13(2)12-17(18(27)21-25-26-22(30)31-21)24-20(29)15-10-6-7-11-16(15)23-19(28)14-8-4-3-5-9-14/h3-5,8-9,13,15-17H,6-7,10-12H2,1-2H3,(H,23,28)(H,24,29)(H,26,30)/t15-,16+,17?/m0/s1. The van der Waals surface area contributed by atoms with Crippen molar-refractivity contribution >= 4 is 17.6 Å². The molecule has 1 unspecified atom stereocenters. The van der Waals surface area contributed by atoms with Crippen LogP contribution in [0.4, 0.5) is 0 Å². The van der Waals surface area contributed by atoms with E-state index in [9.17, 15) is 19.2 Å². The van der Waals surface area contributed by atoms with E-state index in [1.807, 2.05) is 19.9 Å². The molecule has 1 aromatic heterocycles. The van der Waals surface area contributed by atoms with E-state index in [0.29, 0.717) is 24.8 Å². The van der Waals surface area contributed by atoms with Gasteiger partial charge in [-0.25, -0.2) is 9.89 Å². The number of H-pyrrole nitrogens is 1. The first-order valence-corrected chi connectivity index (χ1v) is 10.6. The van der Waals surface area contributed by atoms with Gasteiger partial charge in [-0.05, 0) is 37.3 Å². The number of carbonyl (C=O) groups excluding carboxylic acids is 3. The molecular formula is C22H28N4O5. The van der Waals surface area contributed by atoms with Crippen LogP contribution in [-0.2, 0) is 4.79 Å². The highest BCUT2D eigenvalue weighted by Gasteiger charge is 2.35. The molecule has 1 aromatic carbocycles. The summed E-state index contributed by atoms with van der Waals surface area (Å²) in [4.78, 5) is 49.7. The quantitative estimate of drug-likeness (QED) is 0.551. The fraction of sp³-hybridized carbons (Fsp3) is 0.500. The lowest BCUT2D eigenvalue weighted by atomic mass is 9.83. The predicted molar refractivity (Wildman–Crippen MR) is 112 cm³/mol. The smallest absolute Gasteiger partial charge is 0.384 e. The maximum Gasteiger partial charge on any atom is 0.434 e. The lowest BCUT2D eigenvalue weighted by molar-refractivity contribution is -0.127. The molecule has 0 radical (unpaired) electrons. The Morgan fingerprint density at radius 1 is 1.16 bits per heavy atom. The Balaban J connectivity index is 1.71. The number of nitrogens with zero attached hydrogens (tertiary/aromatic N) is 1. The van der Waals surface area contributed by atoms with Gasteiger partial charge in [-0.2, -0.15) is 0 Å². The minimum Gasteiger partial charge on any atom is -0.384 e. The average molecular weight is 428 g/mol. The summed E-state index contributed by atoms with van der Waals surface area (Å²) in [5.41, 5.74) is 0.536. The molecule has 166 valence electrons. The van der Waals surface area contributed by atoms with Crippen molar-refractivity contribution in [1.82, 2.24) is 20.8 Å². The van der Waals surface area contributed by atoms with Gasteiger partial charge in [0.15, 0.2) is 0 Å². The molecule has 1 fully saturated rings. The van der Waals surface area contributed by atoms with Crippen LogP contribution in [0.5, 0.6) is 0 Å². The van der Waals surface area contributed by atoms with Gasteiger partial charge in [0, 0.05) is 11.6 Å². The molecule has 1 saturated carbocycles. The van der Waals surface area contributed by atoms with Crippen molar-refractivity contribution < 1.29 is 18.8 Å². The summed E-state index contributed by atoms with van der Waals surface area (Å²) in [6.45, 7) is 3.85. The number of benzene rings is 1. The highest BCUT2D eigenvalue weighted by molar-refractivity contribution is 5.99. The van der Waals surface area contributed by atoms with E-state index in [-0.39, 0.29) is 29.7 Å². The van der Waals surface area contributed by atoms with Crippen LogP contribution in [0.25, 0.3) is 0 Å². The maximum absolute atomic E-state index is 13.1. The van der Waals surface area contributed by atoms with Crippen LogP contribution in [-0.4, -0.2) is 39.9 Å². The molecule has 2 amide bonds. The number of hydrogen-bond acceptors (Lipinski definition) is 6. The van der Waals surface area contributed by atoms with Gasteiger partial charge in [0.1, 0.15) is 0 Å². The summed E-state index contributed by atoms with van der Waals surface area (Å²) in [6, 6.07) is 7.67. The number of ketones is 1. The fourth-order valence-electron chi connectivity index (χ4n) is 3.92. The first-order valence-electron chi connectivity index (χ1n) is 10.6. The van der Waals surface area contributed by atoms with Crippen LogP contribution < -0.4 is 16.4 Å². The number of aromatic amines is 1. The zero-order valence-electron chi connectivity index (χ0n) is 17.7. The highest BCUT2D eigenvalue weighted by Crippen LogP contribution is 2.25. The molecule has 31 heavy (non-hydrogen) atoms. The van der Waals surface area contributed by atoms with Crippen molar-refractivity contribution in [2.75, 3.05) is 0 Å². The second-order valence-corrected chi connectivity index (χ2v) is 8.31. The van der Waals surface area contributed by atoms with Crippen LogP contribution >= 0.6 is 0 Å². The molecule has 2 aromatic rings. The first-order chi connectivity index (χ1) is 14.8. The lowest BCUT2D eigenvalue weighted by Crippen LogP contribution is -2.52. The normalized spacial score (nSPS) is 19.6. The van der Waals surface area contributed by atoms with Gasteiger partial charge in [0.2, 0.25) is 11.7 Å². The first kappa shape index (κ1) is 22.5. The van der Waals surface area contributed by atoms with E-state index in [4.69, 9.17) is 4.42 Å². The number of rotatable bonds is 8. The zero-order chi connectivity index (χ0) is 22.4. The summed E-state index contributed by atoms with van der Waals surface area (Å²) in [7, 11) is 0. The van der Waals surface area contributed by atoms with E-state index in [1.165, 1.54) is 0 Å². The van der Waals surface area contributed by atoms with Crippen molar-refractivity contribution in [2.24, 2.45) is 11.8 Å². The van der Waals surface area contributed by atoms with Crippen LogP contribution in [0.2, 0.25) is 0 Å². The molecule has 3 atom stereocenters. The molecule has 0 aliphatic heterocycles. The Hall–Kier alpha value is -3.23. The van der Waals surface area contributed by atoms with E-state index in [2.05, 4.69) is 20.8 Å². The third-order valence-corrected chi connectivity index (χ3v) is 5.44. The van der Waals surface area contributed by atoms with Crippen molar-refractivity contribution in [3.8, 4) is 0 Å². The average Bonchev–Trinajstić information content (AvgIpc) is 3.19. The fourth-order valence-corrected chi connectivity index (χ4v) is 3.92. The minimum absolute atomic E-state index is 0.111. The van der Waals surface area contributed by atoms with Crippen molar-refractivity contribution in [3.63, 3.8) is 0 Å². The molecule has 1 aliphatic carbocycles. The van der Waals surface area contributed by atoms with Crippen LogP contribution in [0, 0.1) is 11.8 Å². The van der Waals surface area contributed by atoms with Crippen LogP contribution in [0.3, 0.4) is 0 Å². The summed E-state index contributed by atoms with van der Waals surface area (Å²) < 4.78 is 4.78. The SMILES string of the molecule is CC(C)CC(NC(=O)[C@H]1CCCC[C@H]1NC(=O)c1ccccc1)C(=O)c1n[nH]c(=O)o1. The summed E-state index contributed by atoms with van der Waals surface area (Å²) >= 11 is 0. The number of amides is 2. The van der Waals surface area contributed by atoms with E-state index < -0.39 is 23.5 Å². The summed E-state index contributed by atoms with van der Waals surface area (Å²) in [5, 5.41) is 11.5. The summed E-state index contributed by atoms with van der Waals surface area (Å²) in [5.74, 6) is -2.59. The molecule has 0 bridgehead atoms. The van der Waals surface area contributed by atoms with Crippen molar-refractivity contribution in [1.29, 1.82) is 0 Å². The second kappa shape index (κ2) is 10.2. The van der Waals surface area contributed by atoms with Gasteiger partial charge < -0.3 is 15.1 Å². The largest absolute Gasteiger partial charge is 0.434 e. The lowest BCUT2D eigenvalue weighted by Gasteiger charge is -2.32. The minimum atomic E-state index is -0.869. The predicted octanol–water partition coefficient (Wildman–Crippen LogP) is 2.07. The van der Waals surface area contributed by atoms with Gasteiger partial charge in [0.05, 0.1) is 12.0 Å². The molecule has 1 heterocycles. The molecule has 0 spiro atoms. The molecule has 1 aliphatic rings. The van der Waals surface area contributed by atoms with Crippen LogP contribution in [0.1, 0.15) is 67.0 Å². The van der Waals surface area contributed by atoms with Gasteiger partial charge in [-0.15, -0.1) is 5.10 Å². The topological polar surface area (TPSA) is 134 Å². The van der Waals surface area contributed by atoms with E-state index in [0.717, 1.165) is 12.8 Å². The number of aromatic nitrogens is 2. The molecule has 3 rings (SSSR count). The molecule has 9 heteroatoms. The van der Waals surface area contributed by atoms with E-state index in [1.54, 1.807) is 24.3 Å². The van der Waals surface area contributed by atoms with E-state index >= 15 is 0 Å². The molecular weight excluding hydrogens is 400 g/mol. The summed E-state index contributed by atoms with van der Waals surface area (Å²) in [6.07, 6.45) is 3.46. The van der Waals surface area contributed by atoms with Gasteiger partial charge >= 0.3 is 5.76 Å². The Labute approximate surface area is 180 Å². The number of nitrogens with one attached hydrogen (secondary N) is 3. The van der Waals surface area contributed by atoms with Gasteiger partial charge in [-0.3, -0.25) is 14.4 Å². The number of Topliss-reactive ketones (excluding diaryl/α,β-unsaturated/α-hetero) is 1. The van der Waals surface area contributed by atoms with Crippen LogP contribution in [0.15, 0.2) is 39.5 Å². The number of hydrogen-bond donors (Lipinski definition) is 3.